The maximum absolute atomic E-state index is 4.81. The zero-order valence-corrected chi connectivity index (χ0v) is 10.8. The lowest BCUT2D eigenvalue weighted by atomic mass is 10.1. The maximum Gasteiger partial charge on any atom is 0.108 e. The molecule has 0 aliphatic carbocycles. The zero-order chi connectivity index (χ0) is 11.4. The van der Waals surface area contributed by atoms with Crippen LogP contribution in [-0.4, -0.2) is 9.55 Å². The normalized spacial score (nSPS) is 18.9. The van der Waals surface area contributed by atoms with Gasteiger partial charge in [0.25, 0.3) is 0 Å². The third-order valence-electron chi connectivity index (χ3n) is 3.89. The van der Waals surface area contributed by atoms with Crippen molar-refractivity contribution < 1.29 is 0 Å². The Hall–Kier alpha value is -0.790. The molecule has 0 unspecified atom stereocenters. The molecule has 1 aromatic heterocycles. The van der Waals surface area contributed by atoms with Crippen molar-refractivity contribution >= 4 is 0 Å². The first-order valence-electron chi connectivity index (χ1n) is 6.80. The smallest absolute Gasteiger partial charge is 0.108 e. The van der Waals surface area contributed by atoms with Crippen LogP contribution in [0.3, 0.4) is 0 Å². The van der Waals surface area contributed by atoms with Gasteiger partial charge in [-0.15, -0.1) is 0 Å². The van der Waals surface area contributed by atoms with Crippen molar-refractivity contribution in [2.24, 2.45) is 7.05 Å². The molecule has 0 N–H and O–H groups in total. The summed E-state index contributed by atoms with van der Waals surface area (Å²) < 4.78 is 2.30. The molecule has 90 valence electrons. The third kappa shape index (κ3) is 2.66. The number of nitrogens with zero attached hydrogens (tertiary/aromatic N) is 2. The van der Waals surface area contributed by atoms with Crippen molar-refractivity contribution in [3.63, 3.8) is 0 Å². The number of fused-ring (bicyclic) bond motifs is 2. The van der Waals surface area contributed by atoms with Gasteiger partial charge in [0.15, 0.2) is 0 Å². The van der Waals surface area contributed by atoms with Gasteiger partial charge >= 0.3 is 0 Å². The summed E-state index contributed by atoms with van der Waals surface area (Å²) in [6, 6.07) is 0. The number of imidazole rings is 1. The Morgan fingerprint density at radius 3 is 2.12 bits per heavy atom. The van der Waals surface area contributed by atoms with Crippen LogP contribution in [0.4, 0.5) is 0 Å². The van der Waals surface area contributed by atoms with E-state index in [0.29, 0.717) is 0 Å². The summed E-state index contributed by atoms with van der Waals surface area (Å²) >= 11 is 0. The predicted octanol–water partition coefficient (Wildman–Crippen LogP) is 3.56. The number of rotatable bonds is 0. The van der Waals surface area contributed by atoms with E-state index in [1.165, 1.54) is 68.6 Å². The van der Waals surface area contributed by atoms with Crippen molar-refractivity contribution in [3.05, 3.63) is 17.2 Å². The Bertz CT molecular complexity index is 308. The van der Waals surface area contributed by atoms with Gasteiger partial charge in [0, 0.05) is 19.2 Å². The van der Waals surface area contributed by atoms with E-state index in [4.69, 9.17) is 4.98 Å². The lowest BCUT2D eigenvalue weighted by molar-refractivity contribution is 0.567. The SMILES string of the molecule is Cc1c2nc(n1C)CCCCCCCCC2. The van der Waals surface area contributed by atoms with Crippen LogP contribution in [0.2, 0.25) is 0 Å². The molecular formula is C14H24N2. The molecule has 0 radical (unpaired) electrons. The summed E-state index contributed by atoms with van der Waals surface area (Å²) in [5.74, 6) is 1.30. The van der Waals surface area contributed by atoms with Gasteiger partial charge in [0.1, 0.15) is 5.82 Å². The minimum Gasteiger partial charge on any atom is -0.335 e. The average molecular weight is 220 g/mol. The van der Waals surface area contributed by atoms with Crippen molar-refractivity contribution in [1.82, 2.24) is 9.55 Å². The molecule has 2 rings (SSSR count). The molecule has 1 aliphatic rings. The van der Waals surface area contributed by atoms with E-state index in [9.17, 15) is 0 Å². The Morgan fingerprint density at radius 2 is 1.44 bits per heavy atom. The Kier molecular flexibility index (Phi) is 4.03. The van der Waals surface area contributed by atoms with Crippen LogP contribution in [0.15, 0.2) is 0 Å². The van der Waals surface area contributed by atoms with Gasteiger partial charge in [-0.2, -0.15) is 0 Å². The minimum absolute atomic E-state index is 1.16. The summed E-state index contributed by atoms with van der Waals surface area (Å²) in [4.78, 5) is 4.81. The highest BCUT2D eigenvalue weighted by Gasteiger charge is 2.11. The summed E-state index contributed by atoms with van der Waals surface area (Å²) in [7, 11) is 2.17. The zero-order valence-electron chi connectivity index (χ0n) is 10.8. The van der Waals surface area contributed by atoms with Crippen LogP contribution in [0.5, 0.6) is 0 Å². The highest BCUT2D eigenvalue weighted by molar-refractivity contribution is 5.15. The number of hydrogen-bond donors (Lipinski definition) is 0. The number of aryl methyl sites for hydroxylation is 2. The van der Waals surface area contributed by atoms with E-state index < -0.39 is 0 Å². The van der Waals surface area contributed by atoms with Crippen LogP contribution >= 0.6 is 0 Å². The molecule has 0 aromatic carbocycles. The largest absolute Gasteiger partial charge is 0.335 e. The molecule has 16 heavy (non-hydrogen) atoms. The average Bonchev–Trinajstić information content (AvgIpc) is 2.53. The Morgan fingerprint density at radius 1 is 0.875 bits per heavy atom. The van der Waals surface area contributed by atoms with Gasteiger partial charge < -0.3 is 4.57 Å². The van der Waals surface area contributed by atoms with Gasteiger partial charge in [0.2, 0.25) is 0 Å². The second-order valence-electron chi connectivity index (χ2n) is 5.09. The summed E-state index contributed by atoms with van der Waals surface area (Å²) in [5.41, 5.74) is 2.73. The lowest BCUT2D eigenvalue weighted by Crippen LogP contribution is -1.99. The molecule has 2 bridgehead atoms. The van der Waals surface area contributed by atoms with E-state index in [-0.39, 0.29) is 0 Å². The number of hydrogen-bond acceptors (Lipinski definition) is 1. The van der Waals surface area contributed by atoms with Gasteiger partial charge in [0.05, 0.1) is 5.69 Å². The molecule has 0 saturated carbocycles. The van der Waals surface area contributed by atoms with E-state index in [0.717, 1.165) is 6.42 Å². The van der Waals surface area contributed by atoms with Crippen molar-refractivity contribution in [1.29, 1.82) is 0 Å². The fraction of sp³-hybridized carbons (Fsp3) is 0.786. The minimum atomic E-state index is 1.16. The van der Waals surface area contributed by atoms with Crippen LogP contribution in [0, 0.1) is 6.92 Å². The molecule has 0 saturated heterocycles. The molecule has 0 spiro atoms. The fourth-order valence-corrected chi connectivity index (χ4v) is 2.62. The standard InChI is InChI=1S/C14H24N2/c1-12-13-10-8-6-4-3-5-7-9-11-14(15-13)16(12)2/h3-11H2,1-2H3. The van der Waals surface area contributed by atoms with Gasteiger partial charge in [-0.25, -0.2) is 4.98 Å². The molecule has 2 nitrogen and oxygen atoms in total. The highest BCUT2D eigenvalue weighted by atomic mass is 15.1. The molecule has 1 aliphatic heterocycles. The maximum atomic E-state index is 4.81. The van der Waals surface area contributed by atoms with E-state index in [1.807, 2.05) is 0 Å². The molecule has 0 atom stereocenters. The Balaban J connectivity index is 2.12. The van der Waals surface area contributed by atoms with Crippen molar-refractivity contribution in [2.45, 2.75) is 64.7 Å². The summed E-state index contributed by atoms with van der Waals surface area (Å²) in [6.07, 6.45) is 12.0. The Labute approximate surface area is 99.1 Å². The molecule has 1 aromatic rings. The van der Waals surface area contributed by atoms with E-state index in [1.54, 1.807) is 0 Å². The number of aromatic nitrogens is 2. The summed E-state index contributed by atoms with van der Waals surface area (Å²) in [6.45, 7) is 2.21. The first kappa shape index (κ1) is 11.7. The quantitative estimate of drug-likeness (QED) is 0.653. The van der Waals surface area contributed by atoms with Gasteiger partial charge in [-0.05, 0) is 26.2 Å². The molecule has 2 heterocycles. The second-order valence-corrected chi connectivity index (χ2v) is 5.09. The molecular weight excluding hydrogens is 196 g/mol. The summed E-state index contributed by atoms with van der Waals surface area (Å²) in [5, 5.41) is 0. The van der Waals surface area contributed by atoms with Crippen LogP contribution < -0.4 is 0 Å². The van der Waals surface area contributed by atoms with E-state index in [2.05, 4.69) is 18.5 Å². The van der Waals surface area contributed by atoms with Crippen molar-refractivity contribution in [3.8, 4) is 0 Å². The molecule has 2 heteroatoms. The van der Waals surface area contributed by atoms with Crippen LogP contribution in [0.1, 0.15) is 62.2 Å². The first-order chi connectivity index (χ1) is 7.79. The van der Waals surface area contributed by atoms with Gasteiger partial charge in [-0.1, -0.05) is 32.1 Å². The van der Waals surface area contributed by atoms with Crippen LogP contribution in [-0.2, 0) is 19.9 Å². The topological polar surface area (TPSA) is 17.8 Å². The third-order valence-corrected chi connectivity index (χ3v) is 3.89. The van der Waals surface area contributed by atoms with E-state index >= 15 is 0 Å². The molecule has 0 fully saturated rings. The fourth-order valence-electron chi connectivity index (χ4n) is 2.62. The molecule has 0 amide bonds. The van der Waals surface area contributed by atoms with Crippen LogP contribution in [0.25, 0.3) is 0 Å². The first-order valence-corrected chi connectivity index (χ1v) is 6.80. The highest BCUT2D eigenvalue weighted by Crippen LogP contribution is 2.17. The monoisotopic (exact) mass is 220 g/mol. The van der Waals surface area contributed by atoms with Gasteiger partial charge in [-0.3, -0.25) is 0 Å². The van der Waals surface area contributed by atoms with Crippen molar-refractivity contribution in [2.75, 3.05) is 0 Å². The lowest BCUT2D eigenvalue weighted by Gasteiger charge is -2.03. The second kappa shape index (κ2) is 5.51. The predicted molar refractivity (Wildman–Crippen MR) is 67.7 cm³/mol.